The van der Waals surface area contributed by atoms with Crippen LogP contribution < -0.4 is 0 Å². The van der Waals surface area contributed by atoms with Crippen LogP contribution in [0, 0.1) is 0 Å². The molecular weight excluding hydrogens is 440 g/mol. The molecule has 0 saturated carbocycles. The summed E-state index contributed by atoms with van der Waals surface area (Å²) in [7, 11) is -8.19. The fourth-order valence-corrected chi connectivity index (χ4v) is 3.98. The molecule has 2 rings (SSSR count). The van der Waals surface area contributed by atoms with Crippen LogP contribution in [0.15, 0.2) is 42.0 Å². The number of rotatable bonds is 8. The van der Waals surface area contributed by atoms with Crippen molar-refractivity contribution in [2.24, 2.45) is 0 Å². The van der Waals surface area contributed by atoms with Crippen LogP contribution in [0.5, 0.6) is 0 Å². The maximum absolute atomic E-state index is 12.5. The highest BCUT2D eigenvalue weighted by Gasteiger charge is 2.43. The first-order chi connectivity index (χ1) is 13.9. The number of benzene rings is 1. The number of carbonyl (C=O) groups excluding carboxylic acids is 2. The molecule has 1 aromatic rings. The maximum Gasteiger partial charge on any atom is 0.338 e. The molecular formula is C18H22O10S2. The van der Waals surface area contributed by atoms with E-state index in [-0.39, 0.29) is 24.2 Å². The minimum absolute atomic E-state index is 0.0373. The van der Waals surface area contributed by atoms with E-state index in [1.54, 1.807) is 25.1 Å². The quantitative estimate of drug-likeness (QED) is 0.402. The molecule has 166 valence electrons. The normalized spacial score (nSPS) is 22.1. The first kappa shape index (κ1) is 24.0. The molecule has 0 N–H and O–H groups in total. The van der Waals surface area contributed by atoms with Crippen molar-refractivity contribution in [1.29, 1.82) is 0 Å². The molecule has 30 heavy (non-hydrogen) atoms. The Hall–Kier alpha value is -2.28. The average Bonchev–Trinajstić information content (AvgIpc) is 2.62. The second-order valence-electron chi connectivity index (χ2n) is 6.46. The lowest BCUT2D eigenvalue weighted by atomic mass is 9.92. The van der Waals surface area contributed by atoms with E-state index < -0.39 is 50.5 Å². The third-order valence-electron chi connectivity index (χ3n) is 3.85. The van der Waals surface area contributed by atoms with Crippen molar-refractivity contribution in [3.63, 3.8) is 0 Å². The Balaban J connectivity index is 2.44. The maximum atomic E-state index is 12.5. The van der Waals surface area contributed by atoms with Gasteiger partial charge in [0.15, 0.2) is 0 Å². The third kappa shape index (κ3) is 7.20. The first-order valence-corrected chi connectivity index (χ1v) is 12.4. The van der Waals surface area contributed by atoms with Crippen molar-refractivity contribution in [3.05, 3.63) is 47.5 Å². The molecule has 0 bridgehead atoms. The number of esters is 2. The summed E-state index contributed by atoms with van der Waals surface area (Å²) in [6.45, 7) is 1.62. The Morgan fingerprint density at radius 3 is 2.10 bits per heavy atom. The summed E-state index contributed by atoms with van der Waals surface area (Å²) >= 11 is 0. The summed E-state index contributed by atoms with van der Waals surface area (Å²) in [6, 6.07) is 7.84. The molecule has 3 atom stereocenters. The van der Waals surface area contributed by atoms with Crippen molar-refractivity contribution in [2.45, 2.75) is 31.7 Å². The summed E-state index contributed by atoms with van der Waals surface area (Å²) in [6.07, 6.45) is -2.09. The smallest absolute Gasteiger partial charge is 0.338 e. The molecule has 0 saturated heterocycles. The number of hydrogen-bond acceptors (Lipinski definition) is 10. The fourth-order valence-electron chi connectivity index (χ4n) is 2.77. The van der Waals surface area contributed by atoms with E-state index in [1.807, 2.05) is 0 Å². The monoisotopic (exact) mass is 462 g/mol. The molecule has 1 aliphatic carbocycles. The van der Waals surface area contributed by atoms with Gasteiger partial charge < -0.3 is 9.47 Å². The molecule has 1 aromatic carbocycles. The van der Waals surface area contributed by atoms with Crippen LogP contribution in [0.1, 0.15) is 23.7 Å². The van der Waals surface area contributed by atoms with E-state index in [1.165, 1.54) is 12.1 Å². The number of hydrogen-bond donors (Lipinski definition) is 0. The van der Waals surface area contributed by atoms with Gasteiger partial charge in [0.1, 0.15) is 18.3 Å². The van der Waals surface area contributed by atoms with E-state index in [2.05, 4.69) is 0 Å². The average molecular weight is 462 g/mol. The Kier molecular flexibility index (Phi) is 7.75. The zero-order chi connectivity index (χ0) is 22.5. The Labute approximate surface area is 175 Å². The second-order valence-corrected chi connectivity index (χ2v) is 9.66. The van der Waals surface area contributed by atoms with E-state index in [4.69, 9.17) is 17.8 Å². The summed E-state index contributed by atoms with van der Waals surface area (Å²) in [5.41, 5.74) is 0.133. The van der Waals surface area contributed by atoms with Crippen LogP contribution in [-0.2, 0) is 42.9 Å². The Morgan fingerprint density at radius 2 is 1.57 bits per heavy atom. The minimum atomic E-state index is -4.11. The number of ether oxygens (including phenoxy) is 2. The molecule has 0 aromatic heterocycles. The lowest BCUT2D eigenvalue weighted by Gasteiger charge is -2.34. The van der Waals surface area contributed by atoms with Gasteiger partial charge in [0.05, 0.1) is 24.7 Å². The van der Waals surface area contributed by atoms with Crippen LogP contribution in [0.4, 0.5) is 0 Å². The van der Waals surface area contributed by atoms with Crippen LogP contribution >= 0.6 is 0 Å². The molecule has 0 heterocycles. The molecule has 0 aliphatic heterocycles. The van der Waals surface area contributed by atoms with E-state index in [0.29, 0.717) is 0 Å². The predicted molar refractivity (Wildman–Crippen MR) is 104 cm³/mol. The van der Waals surface area contributed by atoms with Crippen molar-refractivity contribution in [1.82, 2.24) is 0 Å². The van der Waals surface area contributed by atoms with E-state index in [0.717, 1.165) is 18.6 Å². The SMILES string of the molecule is CCOC(=O)C1=CC(OS(C)(=O)=O)C(OS(C)(=O)=O)C(OC(=O)c2ccccc2)C1. The van der Waals surface area contributed by atoms with E-state index >= 15 is 0 Å². The summed E-state index contributed by atoms with van der Waals surface area (Å²) < 4.78 is 67.1. The minimum Gasteiger partial charge on any atom is -0.463 e. The second kappa shape index (κ2) is 9.69. The molecule has 0 radical (unpaired) electrons. The fraction of sp³-hybridized carbons (Fsp3) is 0.444. The highest BCUT2D eigenvalue weighted by molar-refractivity contribution is 7.86. The van der Waals surface area contributed by atoms with Gasteiger partial charge in [0.25, 0.3) is 20.2 Å². The molecule has 12 heteroatoms. The van der Waals surface area contributed by atoms with E-state index in [9.17, 15) is 26.4 Å². The van der Waals surface area contributed by atoms with Gasteiger partial charge in [0, 0.05) is 12.0 Å². The zero-order valence-electron chi connectivity index (χ0n) is 16.5. The van der Waals surface area contributed by atoms with Crippen LogP contribution in [0.25, 0.3) is 0 Å². The largest absolute Gasteiger partial charge is 0.463 e. The summed E-state index contributed by atoms with van der Waals surface area (Å²) in [4.78, 5) is 24.7. The Morgan fingerprint density at radius 1 is 0.967 bits per heavy atom. The summed E-state index contributed by atoms with van der Waals surface area (Å²) in [5, 5.41) is 0. The molecule has 0 spiro atoms. The van der Waals surface area contributed by atoms with Gasteiger partial charge in [-0.1, -0.05) is 18.2 Å². The number of carbonyl (C=O) groups is 2. The van der Waals surface area contributed by atoms with Gasteiger partial charge >= 0.3 is 11.9 Å². The van der Waals surface area contributed by atoms with Crippen molar-refractivity contribution >= 4 is 32.2 Å². The van der Waals surface area contributed by atoms with Crippen molar-refractivity contribution < 1.29 is 44.3 Å². The molecule has 10 nitrogen and oxygen atoms in total. The standard InChI is InChI=1S/C18H22O10S2/c1-4-25-17(19)13-10-14(26-18(20)12-8-6-5-7-9-12)16(28-30(3,23)24)15(11-13)27-29(2,21)22/h5-9,11,14-16H,4,10H2,1-3H3. The van der Waals surface area contributed by atoms with Crippen LogP contribution in [0.2, 0.25) is 0 Å². The van der Waals surface area contributed by atoms with Gasteiger partial charge in [0.2, 0.25) is 0 Å². The van der Waals surface area contributed by atoms with Gasteiger partial charge in [-0.05, 0) is 25.1 Å². The van der Waals surface area contributed by atoms with Gasteiger partial charge in [-0.3, -0.25) is 8.37 Å². The van der Waals surface area contributed by atoms with Crippen LogP contribution in [-0.4, -0.2) is 66.2 Å². The molecule has 1 aliphatic rings. The highest BCUT2D eigenvalue weighted by atomic mass is 32.2. The lowest BCUT2D eigenvalue weighted by molar-refractivity contribution is -0.139. The van der Waals surface area contributed by atoms with Gasteiger partial charge in [-0.2, -0.15) is 16.8 Å². The summed E-state index contributed by atoms with van der Waals surface area (Å²) in [5.74, 6) is -1.59. The molecule has 0 amide bonds. The van der Waals surface area contributed by atoms with Gasteiger partial charge in [-0.25, -0.2) is 9.59 Å². The topological polar surface area (TPSA) is 139 Å². The first-order valence-electron chi connectivity index (χ1n) is 8.80. The lowest BCUT2D eigenvalue weighted by Crippen LogP contribution is -2.48. The molecule has 3 unspecified atom stereocenters. The zero-order valence-corrected chi connectivity index (χ0v) is 18.1. The highest BCUT2D eigenvalue weighted by Crippen LogP contribution is 2.29. The van der Waals surface area contributed by atoms with Crippen molar-refractivity contribution in [2.75, 3.05) is 19.1 Å². The third-order valence-corrected chi connectivity index (χ3v) is 5.00. The van der Waals surface area contributed by atoms with Crippen LogP contribution in [0.3, 0.4) is 0 Å². The van der Waals surface area contributed by atoms with Crippen molar-refractivity contribution in [3.8, 4) is 0 Å². The molecule has 0 fully saturated rings. The predicted octanol–water partition coefficient (Wildman–Crippen LogP) is 0.795. The Bertz CT molecular complexity index is 1010. The van der Waals surface area contributed by atoms with Gasteiger partial charge in [-0.15, -0.1) is 0 Å².